The van der Waals surface area contributed by atoms with E-state index in [1.807, 2.05) is 0 Å². The van der Waals surface area contributed by atoms with E-state index in [1.54, 1.807) is 54.0 Å². The Morgan fingerprint density at radius 2 is 1.52 bits per heavy atom. The second-order valence-corrected chi connectivity index (χ2v) is 5.53. The van der Waals surface area contributed by atoms with Crippen LogP contribution in [0, 0.1) is 5.82 Å². The average molecular weight is 338 g/mol. The molecule has 0 unspecified atom stereocenters. The zero-order valence-electron chi connectivity index (χ0n) is 13.1. The molecule has 6 heteroatoms. The Hall–Kier alpha value is -3.25. The van der Waals surface area contributed by atoms with Crippen LogP contribution in [0.25, 0.3) is 10.8 Å². The largest absolute Gasteiger partial charge is 0.348 e. The third kappa shape index (κ3) is 3.81. The number of hydrogen-bond acceptors (Lipinski definition) is 3. The summed E-state index contributed by atoms with van der Waals surface area (Å²) in [5, 5.41) is 13.0. The topological polar surface area (TPSA) is 78.4 Å². The van der Waals surface area contributed by atoms with Gasteiger partial charge >= 0.3 is 0 Å². The summed E-state index contributed by atoms with van der Waals surface area (Å²) < 4.78 is 13.1. The van der Waals surface area contributed by atoms with Gasteiger partial charge in [0.2, 0.25) is 0 Å². The SMILES string of the molecule is O=C(NO)c1ccc2cc(C(=O)NCc3cccc(F)c3)ccc2c1. The van der Waals surface area contributed by atoms with E-state index in [-0.39, 0.29) is 18.3 Å². The minimum atomic E-state index is -0.598. The van der Waals surface area contributed by atoms with Gasteiger partial charge in [-0.15, -0.1) is 0 Å². The van der Waals surface area contributed by atoms with E-state index in [0.717, 1.165) is 10.8 Å². The van der Waals surface area contributed by atoms with Gasteiger partial charge < -0.3 is 5.32 Å². The standard InChI is InChI=1S/C19H15FN2O3/c20-17-3-1-2-12(8-17)11-21-18(23)15-6-4-14-10-16(19(24)22-25)7-5-13(14)9-15/h1-10,25H,11H2,(H,21,23)(H,22,24). The third-order valence-corrected chi connectivity index (χ3v) is 3.81. The van der Waals surface area contributed by atoms with E-state index in [4.69, 9.17) is 5.21 Å². The zero-order chi connectivity index (χ0) is 17.8. The van der Waals surface area contributed by atoms with Crippen molar-refractivity contribution >= 4 is 22.6 Å². The normalized spacial score (nSPS) is 10.5. The number of hydrogen-bond donors (Lipinski definition) is 3. The van der Waals surface area contributed by atoms with Crippen molar-refractivity contribution in [2.75, 3.05) is 0 Å². The molecule has 3 aromatic rings. The second kappa shape index (κ2) is 7.11. The van der Waals surface area contributed by atoms with Gasteiger partial charge in [0.05, 0.1) is 0 Å². The molecule has 2 amide bonds. The molecular weight excluding hydrogens is 323 g/mol. The van der Waals surface area contributed by atoms with Gasteiger partial charge in [-0.05, 0) is 52.7 Å². The maximum Gasteiger partial charge on any atom is 0.274 e. The molecule has 0 radical (unpaired) electrons. The minimum Gasteiger partial charge on any atom is -0.348 e. The third-order valence-electron chi connectivity index (χ3n) is 3.81. The summed E-state index contributed by atoms with van der Waals surface area (Å²) in [4.78, 5) is 23.7. The van der Waals surface area contributed by atoms with Crippen molar-refractivity contribution in [3.63, 3.8) is 0 Å². The fourth-order valence-corrected chi connectivity index (χ4v) is 2.52. The number of benzene rings is 3. The van der Waals surface area contributed by atoms with Gasteiger partial charge in [0.25, 0.3) is 11.8 Å². The van der Waals surface area contributed by atoms with Gasteiger partial charge in [0.15, 0.2) is 0 Å². The summed E-state index contributed by atoms with van der Waals surface area (Å²) in [5.74, 6) is -1.22. The van der Waals surface area contributed by atoms with Gasteiger partial charge in [-0.25, -0.2) is 9.87 Å². The Balaban J connectivity index is 1.76. The summed E-state index contributed by atoms with van der Waals surface area (Å²) in [5.41, 5.74) is 3.04. The highest BCUT2D eigenvalue weighted by molar-refractivity contribution is 6.01. The van der Waals surface area contributed by atoms with Crippen molar-refractivity contribution in [3.8, 4) is 0 Å². The number of amides is 2. The molecule has 3 N–H and O–H groups in total. The minimum absolute atomic E-state index is 0.226. The van der Waals surface area contributed by atoms with Gasteiger partial charge in [0, 0.05) is 17.7 Å². The van der Waals surface area contributed by atoms with E-state index >= 15 is 0 Å². The summed E-state index contributed by atoms with van der Waals surface area (Å²) in [6, 6.07) is 16.0. The summed E-state index contributed by atoms with van der Waals surface area (Å²) in [6.07, 6.45) is 0. The number of halogens is 1. The lowest BCUT2D eigenvalue weighted by atomic mass is 10.0. The molecule has 0 spiro atoms. The highest BCUT2D eigenvalue weighted by Gasteiger charge is 2.09. The second-order valence-electron chi connectivity index (χ2n) is 5.53. The van der Waals surface area contributed by atoms with Crippen LogP contribution in [-0.4, -0.2) is 17.0 Å². The first-order valence-electron chi connectivity index (χ1n) is 7.58. The molecule has 5 nitrogen and oxygen atoms in total. The van der Waals surface area contributed by atoms with E-state index in [0.29, 0.717) is 16.7 Å². The quantitative estimate of drug-likeness (QED) is 0.505. The first-order valence-corrected chi connectivity index (χ1v) is 7.58. The monoisotopic (exact) mass is 338 g/mol. The van der Waals surface area contributed by atoms with Crippen LogP contribution in [0.3, 0.4) is 0 Å². The summed E-state index contributed by atoms with van der Waals surface area (Å²) in [7, 11) is 0. The Bertz CT molecular complexity index is 956. The fourth-order valence-electron chi connectivity index (χ4n) is 2.52. The predicted molar refractivity (Wildman–Crippen MR) is 90.8 cm³/mol. The lowest BCUT2D eigenvalue weighted by Crippen LogP contribution is -2.22. The molecule has 3 rings (SSSR count). The molecule has 3 aromatic carbocycles. The summed E-state index contributed by atoms with van der Waals surface area (Å²) >= 11 is 0. The molecule has 25 heavy (non-hydrogen) atoms. The van der Waals surface area contributed by atoms with Crippen LogP contribution in [-0.2, 0) is 6.54 Å². The molecule has 0 atom stereocenters. The van der Waals surface area contributed by atoms with E-state index < -0.39 is 5.91 Å². The Kier molecular flexibility index (Phi) is 4.72. The number of carbonyl (C=O) groups is 2. The molecule has 0 aromatic heterocycles. The highest BCUT2D eigenvalue weighted by atomic mass is 19.1. The molecule has 0 bridgehead atoms. The molecule has 0 aliphatic carbocycles. The van der Waals surface area contributed by atoms with Gasteiger partial charge in [0.1, 0.15) is 5.82 Å². The smallest absolute Gasteiger partial charge is 0.274 e. The predicted octanol–water partition coefficient (Wildman–Crippen LogP) is 3.03. The number of rotatable bonds is 4. The molecule has 0 saturated carbocycles. The molecule has 0 heterocycles. The Morgan fingerprint density at radius 1 is 0.880 bits per heavy atom. The average Bonchev–Trinajstić information content (AvgIpc) is 2.64. The Morgan fingerprint density at radius 3 is 2.12 bits per heavy atom. The van der Waals surface area contributed by atoms with Crippen LogP contribution in [0.4, 0.5) is 4.39 Å². The van der Waals surface area contributed by atoms with Crippen LogP contribution >= 0.6 is 0 Å². The highest BCUT2D eigenvalue weighted by Crippen LogP contribution is 2.18. The van der Waals surface area contributed by atoms with Crippen molar-refractivity contribution in [1.29, 1.82) is 0 Å². The van der Waals surface area contributed by atoms with Crippen LogP contribution in [0.5, 0.6) is 0 Å². The maximum atomic E-state index is 13.1. The molecule has 0 aliphatic rings. The first kappa shape index (κ1) is 16.6. The van der Waals surface area contributed by atoms with Crippen molar-refractivity contribution in [2.24, 2.45) is 0 Å². The number of nitrogens with one attached hydrogen (secondary N) is 2. The van der Waals surface area contributed by atoms with Gasteiger partial charge in [-0.3, -0.25) is 14.8 Å². The zero-order valence-corrected chi connectivity index (χ0v) is 13.1. The van der Waals surface area contributed by atoms with Crippen molar-refractivity contribution in [3.05, 3.63) is 83.2 Å². The van der Waals surface area contributed by atoms with Gasteiger partial charge in [-0.2, -0.15) is 0 Å². The lowest BCUT2D eigenvalue weighted by molar-refractivity contribution is 0.0706. The first-order chi connectivity index (χ1) is 12.1. The van der Waals surface area contributed by atoms with Crippen molar-refractivity contribution in [1.82, 2.24) is 10.8 Å². The molecular formula is C19H15FN2O3. The fraction of sp³-hybridized carbons (Fsp3) is 0.0526. The number of carbonyl (C=O) groups excluding carboxylic acids is 2. The molecule has 0 fully saturated rings. The molecule has 126 valence electrons. The van der Waals surface area contributed by atoms with Crippen molar-refractivity contribution in [2.45, 2.75) is 6.54 Å². The molecule has 0 aliphatic heterocycles. The van der Waals surface area contributed by atoms with Crippen LogP contribution in [0.1, 0.15) is 26.3 Å². The van der Waals surface area contributed by atoms with Crippen LogP contribution < -0.4 is 10.8 Å². The van der Waals surface area contributed by atoms with E-state index in [1.165, 1.54) is 12.1 Å². The van der Waals surface area contributed by atoms with Gasteiger partial charge in [-0.1, -0.05) is 24.3 Å². The number of fused-ring (bicyclic) bond motifs is 1. The van der Waals surface area contributed by atoms with E-state index in [2.05, 4.69) is 5.32 Å². The Labute approximate surface area is 143 Å². The van der Waals surface area contributed by atoms with Crippen molar-refractivity contribution < 1.29 is 19.2 Å². The number of hydroxylamine groups is 1. The van der Waals surface area contributed by atoms with Crippen LogP contribution in [0.2, 0.25) is 0 Å². The van der Waals surface area contributed by atoms with E-state index in [9.17, 15) is 14.0 Å². The lowest BCUT2D eigenvalue weighted by Gasteiger charge is -2.07. The maximum absolute atomic E-state index is 13.1. The molecule has 0 saturated heterocycles. The summed E-state index contributed by atoms with van der Waals surface area (Å²) in [6.45, 7) is 0.226. The van der Waals surface area contributed by atoms with Crippen LogP contribution in [0.15, 0.2) is 60.7 Å².